The van der Waals surface area contributed by atoms with Crippen molar-refractivity contribution < 1.29 is 13.2 Å². The quantitative estimate of drug-likeness (QED) is 0.752. The van der Waals surface area contributed by atoms with E-state index >= 15 is 0 Å². The van der Waals surface area contributed by atoms with Crippen LogP contribution in [0.2, 0.25) is 0 Å². The molecule has 2 aliphatic rings. The van der Waals surface area contributed by atoms with Crippen molar-refractivity contribution in [1.29, 1.82) is 0 Å². The Labute approximate surface area is 90.3 Å². The largest absolute Gasteiger partial charge is 0.350 e. The van der Waals surface area contributed by atoms with E-state index < -0.39 is 15.4 Å². The van der Waals surface area contributed by atoms with E-state index in [1.54, 1.807) is 0 Å². The Morgan fingerprint density at radius 1 is 1.40 bits per heavy atom. The maximum Gasteiger partial charge on any atom is 0.223 e. The van der Waals surface area contributed by atoms with Crippen LogP contribution in [0.3, 0.4) is 0 Å². The lowest BCUT2D eigenvalue weighted by atomic mass is 9.84. The van der Waals surface area contributed by atoms with Crippen LogP contribution in [0.5, 0.6) is 0 Å². The van der Waals surface area contributed by atoms with Crippen LogP contribution < -0.4 is 5.32 Å². The van der Waals surface area contributed by atoms with Gasteiger partial charge >= 0.3 is 0 Å². The molecule has 0 aromatic carbocycles. The molecule has 1 saturated heterocycles. The summed E-state index contributed by atoms with van der Waals surface area (Å²) in [6.45, 7) is 1.83. The van der Waals surface area contributed by atoms with E-state index in [2.05, 4.69) is 5.32 Å². The van der Waals surface area contributed by atoms with Crippen molar-refractivity contribution in [2.45, 2.75) is 38.1 Å². The van der Waals surface area contributed by atoms with Gasteiger partial charge in [0.2, 0.25) is 5.91 Å². The molecule has 2 rings (SSSR count). The predicted molar refractivity (Wildman–Crippen MR) is 57.2 cm³/mol. The van der Waals surface area contributed by atoms with Gasteiger partial charge in [0.15, 0.2) is 9.84 Å². The number of rotatable bonds is 2. The topological polar surface area (TPSA) is 63.2 Å². The van der Waals surface area contributed by atoms with Crippen LogP contribution in [0.15, 0.2) is 0 Å². The van der Waals surface area contributed by atoms with Crippen LogP contribution >= 0.6 is 0 Å². The molecule has 1 saturated carbocycles. The molecule has 0 aromatic rings. The maximum absolute atomic E-state index is 11.7. The van der Waals surface area contributed by atoms with Crippen LogP contribution in [0.1, 0.15) is 32.6 Å². The number of amides is 1. The monoisotopic (exact) mass is 231 g/mol. The molecule has 1 N–H and O–H groups in total. The third kappa shape index (κ3) is 2.33. The highest BCUT2D eigenvalue weighted by Gasteiger charge is 2.40. The van der Waals surface area contributed by atoms with Crippen LogP contribution in [0.4, 0.5) is 0 Å². The fourth-order valence-electron chi connectivity index (χ4n) is 2.18. The van der Waals surface area contributed by atoms with Crippen LogP contribution in [-0.4, -0.2) is 31.4 Å². The molecule has 1 atom stereocenters. The lowest BCUT2D eigenvalue weighted by Gasteiger charge is -2.30. The summed E-state index contributed by atoms with van der Waals surface area (Å²) in [5, 5.41) is 2.89. The van der Waals surface area contributed by atoms with Crippen molar-refractivity contribution in [2.75, 3.05) is 11.5 Å². The van der Waals surface area contributed by atoms with E-state index in [0.29, 0.717) is 6.42 Å². The molecule has 0 bridgehead atoms. The van der Waals surface area contributed by atoms with Crippen molar-refractivity contribution in [1.82, 2.24) is 5.32 Å². The minimum absolute atomic E-state index is 0.0425. The minimum atomic E-state index is -2.93. The summed E-state index contributed by atoms with van der Waals surface area (Å²) < 4.78 is 22.7. The first kappa shape index (κ1) is 10.9. The van der Waals surface area contributed by atoms with Crippen molar-refractivity contribution in [3.05, 3.63) is 0 Å². The molecule has 5 heteroatoms. The van der Waals surface area contributed by atoms with Crippen molar-refractivity contribution in [3.63, 3.8) is 0 Å². The third-order valence-electron chi connectivity index (χ3n) is 3.40. The number of carbonyl (C=O) groups excluding carboxylic acids is 1. The molecule has 0 aromatic heterocycles. The molecule has 15 heavy (non-hydrogen) atoms. The molecular weight excluding hydrogens is 214 g/mol. The zero-order chi connectivity index (χ0) is 11.1. The zero-order valence-corrected chi connectivity index (χ0v) is 9.77. The third-order valence-corrected chi connectivity index (χ3v) is 5.31. The summed E-state index contributed by atoms with van der Waals surface area (Å²) in [5.41, 5.74) is -0.522. The lowest BCUT2D eigenvalue weighted by molar-refractivity contribution is -0.128. The normalized spacial score (nSPS) is 34.7. The van der Waals surface area contributed by atoms with Gasteiger partial charge in [-0.15, -0.1) is 0 Å². The summed E-state index contributed by atoms with van der Waals surface area (Å²) in [5.74, 6) is 0.471. The van der Waals surface area contributed by atoms with E-state index in [1.807, 2.05) is 6.92 Å². The van der Waals surface area contributed by atoms with Gasteiger partial charge in [0, 0.05) is 5.92 Å². The number of sulfone groups is 1. The van der Waals surface area contributed by atoms with Gasteiger partial charge in [0.05, 0.1) is 17.0 Å². The molecule has 0 radical (unpaired) electrons. The van der Waals surface area contributed by atoms with Crippen molar-refractivity contribution in [2.24, 2.45) is 5.92 Å². The van der Waals surface area contributed by atoms with E-state index in [4.69, 9.17) is 0 Å². The smallest absolute Gasteiger partial charge is 0.223 e. The summed E-state index contributed by atoms with van der Waals surface area (Å²) in [6.07, 6.45) is 3.57. The van der Waals surface area contributed by atoms with Crippen LogP contribution in [0, 0.1) is 5.92 Å². The Bertz CT molecular complexity index is 372. The minimum Gasteiger partial charge on any atom is -0.350 e. The van der Waals surface area contributed by atoms with E-state index in [0.717, 1.165) is 19.3 Å². The first-order chi connectivity index (χ1) is 6.90. The SMILES string of the molecule is CC1(NC(=O)C2CCC2)CCS(=O)(=O)C1. The van der Waals surface area contributed by atoms with Gasteiger partial charge in [-0.3, -0.25) is 4.79 Å². The standard InChI is InChI=1S/C10H17NO3S/c1-10(5-6-15(13,14)7-10)11-9(12)8-3-2-4-8/h8H,2-7H2,1H3,(H,11,12). The van der Waals surface area contributed by atoms with Crippen LogP contribution in [-0.2, 0) is 14.6 Å². The van der Waals surface area contributed by atoms with E-state index in [9.17, 15) is 13.2 Å². The van der Waals surface area contributed by atoms with Gasteiger partial charge in [-0.1, -0.05) is 6.42 Å². The molecule has 0 spiro atoms. The number of carbonyl (C=O) groups is 1. The van der Waals surface area contributed by atoms with Crippen molar-refractivity contribution in [3.8, 4) is 0 Å². The second-order valence-corrected chi connectivity index (χ2v) is 7.20. The zero-order valence-electron chi connectivity index (χ0n) is 8.95. The van der Waals surface area contributed by atoms with Crippen LogP contribution in [0.25, 0.3) is 0 Å². The Hall–Kier alpha value is -0.580. The van der Waals surface area contributed by atoms with Crippen molar-refractivity contribution >= 4 is 15.7 Å². The predicted octanol–water partition coefficient (Wildman–Crippen LogP) is 0.480. The molecule has 1 aliphatic heterocycles. The number of hydrogen-bond acceptors (Lipinski definition) is 3. The molecule has 2 fully saturated rings. The average molecular weight is 231 g/mol. The summed E-state index contributed by atoms with van der Waals surface area (Å²) in [7, 11) is -2.93. The Balaban J connectivity index is 1.96. The van der Waals surface area contributed by atoms with Gasteiger partial charge in [0.1, 0.15) is 0 Å². The second-order valence-electron chi connectivity index (χ2n) is 5.02. The second kappa shape index (κ2) is 3.47. The number of hydrogen-bond donors (Lipinski definition) is 1. The molecular formula is C10H17NO3S. The summed E-state index contributed by atoms with van der Waals surface area (Å²) in [6, 6.07) is 0. The molecule has 1 unspecified atom stereocenters. The fourth-order valence-corrected chi connectivity index (χ4v) is 4.27. The summed E-state index contributed by atoms with van der Waals surface area (Å²) >= 11 is 0. The van der Waals surface area contributed by atoms with E-state index in [1.165, 1.54) is 0 Å². The van der Waals surface area contributed by atoms with Gasteiger partial charge in [0.25, 0.3) is 0 Å². The molecule has 1 amide bonds. The first-order valence-corrected chi connectivity index (χ1v) is 7.25. The fraction of sp³-hybridized carbons (Fsp3) is 0.900. The van der Waals surface area contributed by atoms with Gasteiger partial charge < -0.3 is 5.32 Å². The first-order valence-electron chi connectivity index (χ1n) is 5.43. The molecule has 4 nitrogen and oxygen atoms in total. The highest BCUT2D eigenvalue weighted by molar-refractivity contribution is 7.91. The lowest BCUT2D eigenvalue weighted by Crippen LogP contribution is -2.50. The Kier molecular flexibility index (Phi) is 2.53. The Morgan fingerprint density at radius 2 is 2.07 bits per heavy atom. The Morgan fingerprint density at radius 3 is 2.47 bits per heavy atom. The van der Waals surface area contributed by atoms with Gasteiger partial charge in [-0.2, -0.15) is 0 Å². The van der Waals surface area contributed by atoms with Gasteiger partial charge in [-0.25, -0.2) is 8.42 Å². The highest BCUT2D eigenvalue weighted by Crippen LogP contribution is 2.29. The highest BCUT2D eigenvalue weighted by atomic mass is 32.2. The van der Waals surface area contributed by atoms with E-state index in [-0.39, 0.29) is 23.3 Å². The molecule has 1 heterocycles. The number of nitrogens with one attached hydrogen (secondary N) is 1. The average Bonchev–Trinajstić information content (AvgIpc) is 2.20. The van der Waals surface area contributed by atoms with Gasteiger partial charge in [-0.05, 0) is 26.2 Å². The molecule has 1 aliphatic carbocycles. The molecule has 86 valence electrons. The summed E-state index contributed by atoms with van der Waals surface area (Å²) in [4.78, 5) is 11.7. The maximum atomic E-state index is 11.7.